The molecule has 3 aromatic heterocycles. The lowest BCUT2D eigenvalue weighted by atomic mass is 10.1. The van der Waals surface area contributed by atoms with Crippen molar-refractivity contribution in [3.63, 3.8) is 0 Å². The average Bonchev–Trinajstić information content (AvgIpc) is 3.08. The molecule has 5 rings (SSSR count). The van der Waals surface area contributed by atoms with Crippen molar-refractivity contribution in [2.75, 3.05) is 7.11 Å². The molecule has 0 saturated heterocycles. The van der Waals surface area contributed by atoms with Gasteiger partial charge in [-0.15, -0.1) is 0 Å². The Morgan fingerprint density at radius 3 is 2.61 bits per heavy atom. The van der Waals surface area contributed by atoms with Gasteiger partial charge in [0, 0.05) is 39.4 Å². The number of nitrogens with zero attached hydrogens (tertiary/aromatic N) is 1. The Bertz CT molecular complexity index is 1210. The number of fused-ring (bicyclic) bond motifs is 6. The summed E-state index contributed by atoms with van der Waals surface area (Å²) in [6.45, 7) is 1.97. The highest BCUT2D eigenvalue weighted by molar-refractivity contribution is 6.15. The number of pyridine rings is 1. The maximum Gasteiger partial charge on any atom is 0.227 e. The van der Waals surface area contributed by atoms with E-state index in [4.69, 9.17) is 9.15 Å². The third-order valence-corrected chi connectivity index (χ3v) is 4.40. The van der Waals surface area contributed by atoms with Crippen LogP contribution < -0.4 is 4.74 Å². The highest BCUT2D eigenvalue weighted by Crippen LogP contribution is 2.35. The van der Waals surface area contributed by atoms with Gasteiger partial charge >= 0.3 is 0 Å². The summed E-state index contributed by atoms with van der Waals surface area (Å²) in [5, 5.41) is 4.50. The van der Waals surface area contributed by atoms with E-state index in [1.54, 1.807) is 7.11 Å². The van der Waals surface area contributed by atoms with Crippen LogP contribution in [-0.4, -0.2) is 17.1 Å². The Balaban J connectivity index is 1.91. The number of furan rings is 1. The van der Waals surface area contributed by atoms with Gasteiger partial charge in [-0.25, -0.2) is 4.98 Å². The van der Waals surface area contributed by atoms with E-state index in [0.717, 1.165) is 38.8 Å². The van der Waals surface area contributed by atoms with Crippen LogP contribution in [0.3, 0.4) is 0 Å². The summed E-state index contributed by atoms with van der Waals surface area (Å²) >= 11 is 0. The van der Waals surface area contributed by atoms with Crippen LogP contribution in [0, 0.1) is 6.92 Å². The number of ether oxygens (including phenoxy) is 1. The molecule has 1 N–H and O–H groups in total. The molecule has 5 aromatic rings. The van der Waals surface area contributed by atoms with E-state index in [0.29, 0.717) is 5.71 Å². The SMILES string of the molecule is COc1ccc2c(c1)[nH]c1cc3oc4nc(C)ccc4c3cc12. The van der Waals surface area contributed by atoms with Gasteiger partial charge in [-0.2, -0.15) is 0 Å². The monoisotopic (exact) mass is 302 g/mol. The van der Waals surface area contributed by atoms with E-state index in [1.807, 2.05) is 31.2 Å². The van der Waals surface area contributed by atoms with Gasteiger partial charge < -0.3 is 14.1 Å². The number of aromatic amines is 1. The summed E-state index contributed by atoms with van der Waals surface area (Å²) in [6, 6.07) is 14.4. The molecule has 0 atom stereocenters. The molecular weight excluding hydrogens is 288 g/mol. The van der Waals surface area contributed by atoms with Gasteiger partial charge in [-0.3, -0.25) is 0 Å². The lowest BCUT2D eigenvalue weighted by Crippen LogP contribution is -1.80. The standard InChI is InChI=1S/C19H14N2O2/c1-10-3-5-13-15-8-14-12-6-4-11(22-2)7-16(12)21-17(14)9-18(15)23-19(13)20-10/h3-9,21H,1-2H3. The first-order chi connectivity index (χ1) is 11.2. The topological polar surface area (TPSA) is 51.0 Å². The van der Waals surface area contributed by atoms with Crippen LogP contribution in [0.15, 0.2) is 46.9 Å². The zero-order chi connectivity index (χ0) is 15.6. The fraction of sp³-hybridized carbons (Fsp3) is 0.105. The highest BCUT2D eigenvalue weighted by atomic mass is 16.5. The van der Waals surface area contributed by atoms with Gasteiger partial charge in [-0.1, -0.05) is 0 Å². The average molecular weight is 302 g/mol. The smallest absolute Gasteiger partial charge is 0.227 e. The summed E-state index contributed by atoms with van der Waals surface area (Å²) in [7, 11) is 1.68. The van der Waals surface area contributed by atoms with Crippen molar-refractivity contribution in [2.45, 2.75) is 6.92 Å². The van der Waals surface area contributed by atoms with Gasteiger partial charge in [0.25, 0.3) is 0 Å². The molecule has 0 aliphatic carbocycles. The van der Waals surface area contributed by atoms with Gasteiger partial charge in [0.2, 0.25) is 5.71 Å². The molecule has 0 aliphatic heterocycles. The highest BCUT2D eigenvalue weighted by Gasteiger charge is 2.12. The molecule has 0 radical (unpaired) electrons. The minimum atomic E-state index is 0.693. The number of benzene rings is 2. The molecule has 4 nitrogen and oxygen atoms in total. The number of rotatable bonds is 1. The van der Waals surface area contributed by atoms with Gasteiger partial charge in [-0.05, 0) is 37.3 Å². The fourth-order valence-corrected chi connectivity index (χ4v) is 3.25. The summed E-state index contributed by atoms with van der Waals surface area (Å²) in [4.78, 5) is 7.92. The summed E-state index contributed by atoms with van der Waals surface area (Å²) in [5.74, 6) is 0.845. The zero-order valence-electron chi connectivity index (χ0n) is 12.8. The first-order valence-electron chi connectivity index (χ1n) is 7.52. The van der Waals surface area contributed by atoms with E-state index in [2.05, 4.69) is 28.2 Å². The molecule has 112 valence electrons. The number of methoxy groups -OCH3 is 1. The van der Waals surface area contributed by atoms with Crippen LogP contribution in [0.2, 0.25) is 0 Å². The van der Waals surface area contributed by atoms with Crippen molar-refractivity contribution in [3.8, 4) is 5.75 Å². The Kier molecular flexibility index (Phi) is 2.32. The first kappa shape index (κ1) is 12.5. The minimum Gasteiger partial charge on any atom is -0.497 e. The fourth-order valence-electron chi connectivity index (χ4n) is 3.25. The van der Waals surface area contributed by atoms with Gasteiger partial charge in [0.05, 0.1) is 18.1 Å². The number of hydrogen-bond acceptors (Lipinski definition) is 3. The van der Waals surface area contributed by atoms with Crippen molar-refractivity contribution in [3.05, 3.63) is 48.2 Å². The Morgan fingerprint density at radius 1 is 0.913 bits per heavy atom. The lowest BCUT2D eigenvalue weighted by molar-refractivity contribution is 0.415. The molecule has 0 unspecified atom stereocenters. The molecule has 0 bridgehead atoms. The molecule has 4 heteroatoms. The van der Waals surface area contributed by atoms with Gasteiger partial charge in [0.1, 0.15) is 11.3 Å². The number of nitrogens with one attached hydrogen (secondary N) is 1. The molecular formula is C19H14N2O2. The van der Waals surface area contributed by atoms with Gasteiger partial charge in [0.15, 0.2) is 0 Å². The van der Waals surface area contributed by atoms with Crippen LogP contribution in [0.4, 0.5) is 0 Å². The number of H-pyrrole nitrogens is 1. The van der Waals surface area contributed by atoms with Crippen molar-refractivity contribution in [2.24, 2.45) is 0 Å². The number of hydrogen-bond donors (Lipinski definition) is 1. The number of aryl methyl sites for hydroxylation is 1. The Labute approximate surface area is 131 Å². The molecule has 2 aromatic carbocycles. The second-order valence-electron chi connectivity index (χ2n) is 5.84. The van der Waals surface area contributed by atoms with Crippen LogP contribution >= 0.6 is 0 Å². The number of aromatic nitrogens is 2. The van der Waals surface area contributed by atoms with Crippen LogP contribution in [-0.2, 0) is 0 Å². The molecule has 3 heterocycles. The molecule has 0 saturated carbocycles. The quantitative estimate of drug-likeness (QED) is 0.477. The van der Waals surface area contributed by atoms with Crippen molar-refractivity contribution < 1.29 is 9.15 Å². The second-order valence-corrected chi connectivity index (χ2v) is 5.84. The van der Waals surface area contributed by atoms with E-state index >= 15 is 0 Å². The Morgan fingerprint density at radius 2 is 1.74 bits per heavy atom. The third-order valence-electron chi connectivity index (χ3n) is 4.40. The Hall–Kier alpha value is -3.01. The van der Waals surface area contributed by atoms with E-state index in [9.17, 15) is 0 Å². The van der Waals surface area contributed by atoms with Crippen molar-refractivity contribution in [1.29, 1.82) is 0 Å². The predicted molar refractivity (Wildman–Crippen MR) is 92.2 cm³/mol. The van der Waals surface area contributed by atoms with Crippen molar-refractivity contribution in [1.82, 2.24) is 9.97 Å². The second kappa shape index (κ2) is 4.26. The third kappa shape index (κ3) is 1.69. The molecule has 0 amide bonds. The normalized spacial score (nSPS) is 11.9. The predicted octanol–water partition coefficient (Wildman–Crippen LogP) is 4.93. The van der Waals surface area contributed by atoms with E-state index in [-0.39, 0.29) is 0 Å². The van der Waals surface area contributed by atoms with E-state index < -0.39 is 0 Å². The minimum absolute atomic E-state index is 0.693. The van der Waals surface area contributed by atoms with Crippen LogP contribution in [0.25, 0.3) is 43.9 Å². The van der Waals surface area contributed by atoms with Crippen molar-refractivity contribution >= 4 is 43.9 Å². The van der Waals surface area contributed by atoms with E-state index in [1.165, 1.54) is 10.8 Å². The summed E-state index contributed by atoms with van der Waals surface area (Å²) in [5.41, 5.74) is 4.62. The molecule has 0 aliphatic rings. The van der Waals surface area contributed by atoms with Crippen LogP contribution in [0.1, 0.15) is 5.69 Å². The van der Waals surface area contributed by atoms with Crippen LogP contribution in [0.5, 0.6) is 5.75 Å². The zero-order valence-corrected chi connectivity index (χ0v) is 12.8. The summed E-state index contributed by atoms with van der Waals surface area (Å²) < 4.78 is 11.2. The molecule has 23 heavy (non-hydrogen) atoms. The maximum atomic E-state index is 5.93. The largest absolute Gasteiger partial charge is 0.497 e. The molecule has 0 spiro atoms. The molecule has 0 fully saturated rings. The lowest BCUT2D eigenvalue weighted by Gasteiger charge is -1.98. The maximum absolute atomic E-state index is 5.93. The first-order valence-corrected chi connectivity index (χ1v) is 7.52. The summed E-state index contributed by atoms with van der Waals surface area (Å²) in [6.07, 6.45) is 0.